The molecule has 0 atom stereocenters. The number of nitrogens with one attached hydrogen (secondary N) is 1. The Balaban J connectivity index is 2.13. The van der Waals surface area contributed by atoms with Crippen molar-refractivity contribution in [2.75, 3.05) is 0 Å². The molecule has 0 aliphatic heterocycles. The topological polar surface area (TPSA) is 92.2 Å². The van der Waals surface area contributed by atoms with Gasteiger partial charge in [0.1, 0.15) is 0 Å². The number of sulfonamides is 1. The van der Waals surface area contributed by atoms with Gasteiger partial charge in [0.05, 0.1) is 6.61 Å². The Hall–Kier alpha value is -1.83. The number of aliphatic hydroxyl groups is 1. The van der Waals surface area contributed by atoms with Crippen molar-refractivity contribution in [3.63, 3.8) is 0 Å². The van der Waals surface area contributed by atoms with E-state index in [0.29, 0.717) is 5.56 Å². The van der Waals surface area contributed by atoms with E-state index in [9.17, 15) is 8.42 Å². The highest BCUT2D eigenvalue weighted by molar-refractivity contribution is 7.89. The molecule has 0 saturated carbocycles. The number of pyridine rings is 2. The molecule has 20 heavy (non-hydrogen) atoms. The van der Waals surface area contributed by atoms with E-state index in [4.69, 9.17) is 5.11 Å². The quantitative estimate of drug-likeness (QED) is 0.849. The van der Waals surface area contributed by atoms with Gasteiger partial charge in [0, 0.05) is 25.1 Å². The Bertz CT molecular complexity index is 684. The number of hydrogen-bond donors (Lipinski definition) is 2. The monoisotopic (exact) mass is 293 g/mol. The zero-order chi connectivity index (χ0) is 14.6. The maximum absolute atomic E-state index is 12.1. The molecule has 2 N–H and O–H groups in total. The average molecular weight is 293 g/mol. The maximum Gasteiger partial charge on any atom is 0.258 e. The van der Waals surface area contributed by atoms with Crippen LogP contribution in [-0.4, -0.2) is 23.5 Å². The van der Waals surface area contributed by atoms with Gasteiger partial charge in [0.25, 0.3) is 10.0 Å². The van der Waals surface area contributed by atoms with Gasteiger partial charge in [-0.15, -0.1) is 0 Å². The second-order valence-corrected chi connectivity index (χ2v) is 6.00. The smallest absolute Gasteiger partial charge is 0.258 e. The molecule has 0 bridgehead atoms. The standard InChI is InChI=1S/C13H15N3O3S/c1-10-6-14-5-4-12(10)8-16-20(18,19)13-3-2-11(9-17)7-15-13/h2-7,16-17H,8-9H2,1H3. The first-order valence-corrected chi connectivity index (χ1v) is 7.46. The minimum Gasteiger partial charge on any atom is -0.392 e. The second kappa shape index (κ2) is 6.08. The molecule has 0 aromatic carbocycles. The van der Waals surface area contributed by atoms with Crippen molar-refractivity contribution in [2.24, 2.45) is 0 Å². The van der Waals surface area contributed by atoms with Crippen molar-refractivity contribution in [2.45, 2.75) is 25.1 Å². The molecular formula is C13H15N3O3S. The Labute approximate surface area is 117 Å². The van der Waals surface area contributed by atoms with E-state index >= 15 is 0 Å². The van der Waals surface area contributed by atoms with Crippen LogP contribution >= 0.6 is 0 Å². The molecule has 2 rings (SSSR count). The van der Waals surface area contributed by atoms with Crippen LogP contribution in [-0.2, 0) is 23.2 Å². The summed E-state index contributed by atoms with van der Waals surface area (Å²) in [6.07, 6.45) is 4.63. The van der Waals surface area contributed by atoms with Gasteiger partial charge in [-0.25, -0.2) is 18.1 Å². The SMILES string of the molecule is Cc1cnccc1CNS(=O)(=O)c1ccc(CO)cn1. The van der Waals surface area contributed by atoms with Crippen molar-refractivity contribution < 1.29 is 13.5 Å². The van der Waals surface area contributed by atoms with E-state index in [0.717, 1.165) is 11.1 Å². The van der Waals surface area contributed by atoms with E-state index in [-0.39, 0.29) is 18.2 Å². The highest BCUT2D eigenvalue weighted by Crippen LogP contribution is 2.09. The first-order valence-electron chi connectivity index (χ1n) is 5.98. The lowest BCUT2D eigenvalue weighted by Gasteiger charge is -2.08. The summed E-state index contributed by atoms with van der Waals surface area (Å²) in [5.74, 6) is 0. The highest BCUT2D eigenvalue weighted by Gasteiger charge is 2.15. The Morgan fingerprint density at radius 3 is 2.65 bits per heavy atom. The molecule has 0 radical (unpaired) electrons. The first kappa shape index (κ1) is 14.6. The van der Waals surface area contributed by atoms with Crippen LogP contribution in [0, 0.1) is 6.92 Å². The molecule has 0 aliphatic rings. The molecule has 0 unspecified atom stereocenters. The first-order chi connectivity index (χ1) is 9.53. The van der Waals surface area contributed by atoms with Crippen LogP contribution in [0.15, 0.2) is 41.8 Å². The van der Waals surface area contributed by atoms with E-state index in [2.05, 4.69) is 14.7 Å². The normalized spacial score (nSPS) is 11.5. The van der Waals surface area contributed by atoms with Gasteiger partial charge in [-0.1, -0.05) is 6.07 Å². The van der Waals surface area contributed by atoms with Crippen LogP contribution in [0.25, 0.3) is 0 Å². The number of rotatable bonds is 5. The summed E-state index contributed by atoms with van der Waals surface area (Å²) in [5, 5.41) is 8.83. The van der Waals surface area contributed by atoms with Crippen LogP contribution in [0.1, 0.15) is 16.7 Å². The zero-order valence-electron chi connectivity index (χ0n) is 10.9. The fourth-order valence-electron chi connectivity index (χ4n) is 1.61. The summed E-state index contributed by atoms with van der Waals surface area (Å²) in [4.78, 5) is 7.79. The Kier molecular flexibility index (Phi) is 4.43. The molecule has 0 amide bonds. The average Bonchev–Trinajstić information content (AvgIpc) is 2.46. The van der Waals surface area contributed by atoms with Crippen LogP contribution in [0.3, 0.4) is 0 Å². The van der Waals surface area contributed by atoms with Crippen molar-refractivity contribution in [1.29, 1.82) is 0 Å². The fourth-order valence-corrected chi connectivity index (χ4v) is 2.54. The Morgan fingerprint density at radius 1 is 1.25 bits per heavy atom. The number of hydrogen-bond acceptors (Lipinski definition) is 5. The summed E-state index contributed by atoms with van der Waals surface area (Å²) < 4.78 is 26.6. The van der Waals surface area contributed by atoms with Crippen LogP contribution < -0.4 is 4.72 Å². The predicted molar refractivity (Wildman–Crippen MR) is 73.2 cm³/mol. The molecule has 7 heteroatoms. The summed E-state index contributed by atoms with van der Waals surface area (Å²) in [5.41, 5.74) is 2.34. The van der Waals surface area contributed by atoms with Gasteiger partial charge in [0.15, 0.2) is 5.03 Å². The minimum atomic E-state index is -3.66. The second-order valence-electron chi connectivity index (χ2n) is 4.29. The summed E-state index contributed by atoms with van der Waals surface area (Å²) >= 11 is 0. The van der Waals surface area contributed by atoms with Crippen molar-refractivity contribution in [1.82, 2.24) is 14.7 Å². The molecule has 0 saturated heterocycles. The van der Waals surface area contributed by atoms with Crippen molar-refractivity contribution >= 4 is 10.0 Å². The third kappa shape index (κ3) is 3.38. The lowest BCUT2D eigenvalue weighted by Crippen LogP contribution is -2.24. The number of aryl methyl sites for hydroxylation is 1. The number of nitrogens with zero attached hydrogens (tertiary/aromatic N) is 2. The summed E-state index contributed by atoms with van der Waals surface area (Å²) in [7, 11) is -3.66. The molecule has 0 fully saturated rings. The molecule has 0 spiro atoms. The molecule has 2 aromatic rings. The van der Waals surface area contributed by atoms with Gasteiger partial charge < -0.3 is 5.11 Å². The van der Waals surface area contributed by atoms with Gasteiger partial charge in [-0.05, 0) is 35.7 Å². The largest absolute Gasteiger partial charge is 0.392 e. The third-order valence-electron chi connectivity index (χ3n) is 2.84. The van der Waals surface area contributed by atoms with E-state index < -0.39 is 10.0 Å². The van der Waals surface area contributed by atoms with Crippen molar-refractivity contribution in [3.8, 4) is 0 Å². The third-order valence-corrected chi connectivity index (χ3v) is 4.16. The molecule has 2 heterocycles. The van der Waals surface area contributed by atoms with Gasteiger partial charge in [0.2, 0.25) is 0 Å². The van der Waals surface area contributed by atoms with E-state index in [1.165, 1.54) is 18.3 Å². The summed E-state index contributed by atoms with van der Waals surface area (Å²) in [6.45, 7) is 1.88. The minimum absolute atomic E-state index is 0.0681. The van der Waals surface area contributed by atoms with Gasteiger partial charge in [-0.2, -0.15) is 0 Å². The maximum atomic E-state index is 12.1. The molecule has 106 valence electrons. The van der Waals surface area contributed by atoms with E-state index in [1.54, 1.807) is 18.5 Å². The zero-order valence-corrected chi connectivity index (χ0v) is 11.8. The predicted octanol–water partition coefficient (Wildman–Crippen LogP) is 0.756. The van der Waals surface area contributed by atoms with Crippen LogP contribution in [0.4, 0.5) is 0 Å². The van der Waals surface area contributed by atoms with Crippen molar-refractivity contribution in [3.05, 3.63) is 53.5 Å². The van der Waals surface area contributed by atoms with Gasteiger partial charge >= 0.3 is 0 Å². The molecule has 0 aliphatic carbocycles. The van der Waals surface area contributed by atoms with Crippen LogP contribution in [0.5, 0.6) is 0 Å². The van der Waals surface area contributed by atoms with Crippen LogP contribution in [0.2, 0.25) is 0 Å². The molecule has 2 aromatic heterocycles. The lowest BCUT2D eigenvalue weighted by atomic mass is 10.2. The summed E-state index contributed by atoms with van der Waals surface area (Å²) in [6, 6.07) is 4.66. The van der Waals surface area contributed by atoms with Gasteiger partial charge in [-0.3, -0.25) is 4.98 Å². The fraction of sp³-hybridized carbons (Fsp3) is 0.231. The number of aromatic nitrogens is 2. The lowest BCUT2D eigenvalue weighted by molar-refractivity contribution is 0.281. The number of aliphatic hydroxyl groups excluding tert-OH is 1. The molecular weight excluding hydrogens is 278 g/mol. The van der Waals surface area contributed by atoms with E-state index in [1.807, 2.05) is 6.92 Å². The Morgan fingerprint density at radius 2 is 2.05 bits per heavy atom. The highest BCUT2D eigenvalue weighted by atomic mass is 32.2. The molecule has 6 nitrogen and oxygen atoms in total.